The average molecular weight is 401 g/mol. The fourth-order valence-corrected chi connectivity index (χ4v) is 8.18. The monoisotopic (exact) mass is 400 g/mol. The maximum absolute atomic E-state index is 13.5. The van der Waals surface area contributed by atoms with Gasteiger partial charge in [0.1, 0.15) is 5.60 Å². The number of likely N-dealkylation sites (tertiary alicyclic amines) is 2. The van der Waals surface area contributed by atoms with Crippen LogP contribution in [0, 0.1) is 29.1 Å². The third-order valence-electron chi connectivity index (χ3n) is 9.27. The second-order valence-corrected chi connectivity index (χ2v) is 11.6. The van der Waals surface area contributed by atoms with Gasteiger partial charge in [-0.25, -0.2) is 0 Å². The quantitative estimate of drug-likeness (QED) is 0.731. The molecule has 5 heteroatoms. The second-order valence-electron chi connectivity index (χ2n) is 11.6. The molecule has 7 rings (SSSR count). The van der Waals surface area contributed by atoms with E-state index in [4.69, 9.17) is 4.74 Å². The van der Waals surface area contributed by atoms with Gasteiger partial charge in [-0.1, -0.05) is 0 Å². The van der Waals surface area contributed by atoms with Crippen molar-refractivity contribution in [2.75, 3.05) is 32.8 Å². The predicted octanol–water partition coefficient (Wildman–Crippen LogP) is 3.22. The number of rotatable bonds is 3. The molecule has 7 fully saturated rings. The highest BCUT2D eigenvalue weighted by Crippen LogP contribution is 2.61. The number of piperidine rings is 1. The van der Waals surface area contributed by atoms with Gasteiger partial charge in [-0.3, -0.25) is 9.59 Å². The molecular formula is C24H36N2O3. The van der Waals surface area contributed by atoms with E-state index in [1.807, 2.05) is 0 Å². The molecule has 3 saturated heterocycles. The third-order valence-corrected chi connectivity index (χ3v) is 9.27. The Morgan fingerprint density at radius 3 is 2.31 bits per heavy atom. The van der Waals surface area contributed by atoms with Gasteiger partial charge in [0.05, 0.1) is 25.1 Å². The Bertz CT molecular complexity index is 653. The van der Waals surface area contributed by atoms with Gasteiger partial charge in [0.25, 0.3) is 0 Å². The molecule has 0 unspecified atom stereocenters. The summed E-state index contributed by atoms with van der Waals surface area (Å²) in [4.78, 5) is 29.8. The topological polar surface area (TPSA) is 49.9 Å². The number of hydrogen-bond donors (Lipinski definition) is 0. The number of carbonyl (C=O) groups is 2. The van der Waals surface area contributed by atoms with Crippen LogP contribution in [0.5, 0.6) is 0 Å². The van der Waals surface area contributed by atoms with Gasteiger partial charge in [-0.05, 0) is 82.0 Å². The Morgan fingerprint density at radius 1 is 1.03 bits per heavy atom. The van der Waals surface area contributed by atoms with Crippen molar-refractivity contribution < 1.29 is 14.3 Å². The van der Waals surface area contributed by atoms with Crippen LogP contribution in [0.15, 0.2) is 0 Å². The Morgan fingerprint density at radius 2 is 1.72 bits per heavy atom. The van der Waals surface area contributed by atoms with Crippen molar-refractivity contribution in [2.45, 2.75) is 76.2 Å². The predicted molar refractivity (Wildman–Crippen MR) is 109 cm³/mol. The van der Waals surface area contributed by atoms with Gasteiger partial charge in [0, 0.05) is 25.4 Å². The third kappa shape index (κ3) is 3.14. The minimum Gasteiger partial charge on any atom is -0.371 e. The first-order chi connectivity index (χ1) is 14.0. The van der Waals surface area contributed by atoms with E-state index in [0.29, 0.717) is 17.7 Å². The number of hydrogen-bond acceptors (Lipinski definition) is 3. The molecule has 0 N–H and O–H groups in total. The van der Waals surface area contributed by atoms with Crippen LogP contribution in [0.4, 0.5) is 0 Å². The number of ether oxygens (including phenoxy) is 1. The Hall–Kier alpha value is -1.10. The molecular weight excluding hydrogens is 364 g/mol. The highest BCUT2D eigenvalue weighted by atomic mass is 16.5. The lowest BCUT2D eigenvalue weighted by atomic mass is 9.49. The fourth-order valence-electron chi connectivity index (χ4n) is 8.18. The molecule has 29 heavy (non-hydrogen) atoms. The summed E-state index contributed by atoms with van der Waals surface area (Å²) < 4.78 is 6.36. The van der Waals surface area contributed by atoms with E-state index >= 15 is 0 Å². The normalized spacial score (nSPS) is 43.0. The zero-order valence-corrected chi connectivity index (χ0v) is 17.7. The molecule has 1 atom stereocenters. The average Bonchev–Trinajstić information content (AvgIpc) is 2.67. The van der Waals surface area contributed by atoms with Gasteiger partial charge >= 0.3 is 0 Å². The summed E-state index contributed by atoms with van der Waals surface area (Å²) in [6.45, 7) is 4.16. The van der Waals surface area contributed by atoms with Crippen molar-refractivity contribution in [1.29, 1.82) is 0 Å². The lowest BCUT2D eigenvalue weighted by molar-refractivity contribution is -0.203. The summed E-state index contributed by atoms with van der Waals surface area (Å²) in [5, 5.41) is 0. The van der Waals surface area contributed by atoms with E-state index in [9.17, 15) is 9.59 Å². The lowest BCUT2D eigenvalue weighted by Crippen LogP contribution is -2.69. The number of amides is 2. The van der Waals surface area contributed by atoms with E-state index in [1.165, 1.54) is 19.3 Å². The lowest BCUT2D eigenvalue weighted by Gasteiger charge is -2.60. The van der Waals surface area contributed by atoms with Gasteiger partial charge in [-0.15, -0.1) is 0 Å². The molecule has 4 saturated carbocycles. The Kier molecular flexibility index (Phi) is 4.31. The van der Waals surface area contributed by atoms with Crippen LogP contribution in [0.3, 0.4) is 0 Å². The molecule has 0 aromatic heterocycles. The first-order valence-electron chi connectivity index (χ1n) is 12.2. The van der Waals surface area contributed by atoms with Gasteiger partial charge in [-0.2, -0.15) is 0 Å². The molecule has 5 nitrogen and oxygen atoms in total. The molecule has 160 valence electrons. The molecule has 4 bridgehead atoms. The Labute approximate surface area is 174 Å². The van der Waals surface area contributed by atoms with E-state index < -0.39 is 0 Å². The SMILES string of the molecule is O=C1CCCCN1C[C@H]1CCC2(CN(C(=O)C34CC5CC(CC(C5)C3)C4)C2)OC1. The van der Waals surface area contributed by atoms with Crippen LogP contribution in [-0.2, 0) is 14.3 Å². The number of nitrogens with zero attached hydrogens (tertiary/aromatic N) is 2. The van der Waals surface area contributed by atoms with Crippen molar-refractivity contribution in [3.63, 3.8) is 0 Å². The largest absolute Gasteiger partial charge is 0.371 e. The maximum Gasteiger partial charge on any atom is 0.229 e. The molecule has 0 aromatic carbocycles. The maximum atomic E-state index is 13.5. The van der Waals surface area contributed by atoms with Crippen molar-refractivity contribution >= 4 is 11.8 Å². The summed E-state index contributed by atoms with van der Waals surface area (Å²) >= 11 is 0. The smallest absolute Gasteiger partial charge is 0.229 e. The van der Waals surface area contributed by atoms with Crippen LogP contribution >= 0.6 is 0 Å². The van der Waals surface area contributed by atoms with E-state index in [1.54, 1.807) is 0 Å². The molecule has 3 aliphatic heterocycles. The zero-order chi connectivity index (χ0) is 19.6. The van der Waals surface area contributed by atoms with Crippen molar-refractivity contribution in [2.24, 2.45) is 29.1 Å². The van der Waals surface area contributed by atoms with E-state index in [0.717, 1.165) is 102 Å². The van der Waals surface area contributed by atoms with Crippen LogP contribution in [0.25, 0.3) is 0 Å². The highest BCUT2D eigenvalue weighted by Gasteiger charge is 2.58. The summed E-state index contributed by atoms with van der Waals surface area (Å²) in [7, 11) is 0. The van der Waals surface area contributed by atoms with Gasteiger partial charge < -0.3 is 14.5 Å². The summed E-state index contributed by atoms with van der Waals surface area (Å²) in [5.74, 6) is 3.73. The molecule has 2 amide bonds. The number of carbonyl (C=O) groups excluding carboxylic acids is 2. The van der Waals surface area contributed by atoms with Gasteiger partial charge in [0.15, 0.2) is 0 Å². The first-order valence-corrected chi connectivity index (χ1v) is 12.2. The molecule has 4 aliphatic carbocycles. The van der Waals surface area contributed by atoms with Crippen LogP contribution < -0.4 is 0 Å². The fraction of sp³-hybridized carbons (Fsp3) is 0.917. The molecule has 3 heterocycles. The van der Waals surface area contributed by atoms with E-state index in [-0.39, 0.29) is 11.0 Å². The van der Waals surface area contributed by atoms with Crippen LogP contribution in [0.1, 0.15) is 70.6 Å². The van der Waals surface area contributed by atoms with Crippen molar-refractivity contribution in [3.05, 3.63) is 0 Å². The molecule has 7 aliphatic rings. The zero-order valence-electron chi connectivity index (χ0n) is 17.7. The summed E-state index contributed by atoms with van der Waals surface area (Å²) in [6.07, 6.45) is 12.7. The molecule has 1 spiro atoms. The highest BCUT2D eigenvalue weighted by molar-refractivity contribution is 5.84. The van der Waals surface area contributed by atoms with E-state index in [2.05, 4.69) is 9.80 Å². The minimum atomic E-state index is -0.0830. The minimum absolute atomic E-state index is 0.0117. The molecule has 0 radical (unpaired) electrons. The van der Waals surface area contributed by atoms with Crippen molar-refractivity contribution in [3.8, 4) is 0 Å². The standard InChI is InChI=1S/C24H36N2O3/c27-21-3-1-2-6-25(21)13-17-4-5-24(29-14-17)15-26(16-24)22(28)23-10-18-7-19(11-23)9-20(8-18)12-23/h17-20H,1-16H2/t17-,18?,19?,20?,23?/m1/s1. The summed E-state index contributed by atoms with van der Waals surface area (Å²) in [5.41, 5.74) is -0.0947. The summed E-state index contributed by atoms with van der Waals surface area (Å²) in [6, 6.07) is 0. The molecule has 0 aromatic rings. The first kappa shape index (κ1) is 18.7. The Balaban J connectivity index is 1.03. The van der Waals surface area contributed by atoms with Crippen molar-refractivity contribution in [1.82, 2.24) is 9.80 Å². The van der Waals surface area contributed by atoms with Gasteiger partial charge in [0.2, 0.25) is 11.8 Å². The second kappa shape index (κ2) is 6.70. The van der Waals surface area contributed by atoms with Crippen LogP contribution in [0.2, 0.25) is 0 Å². The van der Waals surface area contributed by atoms with Crippen LogP contribution in [-0.4, -0.2) is 60.0 Å².